The van der Waals surface area contributed by atoms with Crippen molar-refractivity contribution in [1.29, 1.82) is 0 Å². The van der Waals surface area contributed by atoms with E-state index in [1.54, 1.807) is 0 Å². The van der Waals surface area contributed by atoms with E-state index < -0.39 is 11.7 Å². The summed E-state index contributed by atoms with van der Waals surface area (Å²) >= 11 is 0. The molecule has 1 heterocycles. The van der Waals surface area contributed by atoms with Crippen LogP contribution in [0.25, 0.3) is 0 Å². The van der Waals surface area contributed by atoms with Gasteiger partial charge in [0, 0.05) is 24.8 Å². The third-order valence-corrected chi connectivity index (χ3v) is 4.23. The predicted octanol–water partition coefficient (Wildman–Crippen LogP) is 3.15. The molecule has 0 bridgehead atoms. The van der Waals surface area contributed by atoms with E-state index in [4.69, 9.17) is 10.5 Å². The average Bonchev–Trinajstić information content (AvgIpc) is 2.47. The number of hydrogen-bond acceptors (Lipinski definition) is 5. The van der Waals surface area contributed by atoms with E-state index in [-0.39, 0.29) is 0 Å². The number of nitrogens with two attached hydrogens (primary N) is 1. The molecular weight excluding hydrogens is 304 g/mol. The lowest BCUT2D eigenvalue weighted by molar-refractivity contribution is 0.0636. The first-order valence-electron chi connectivity index (χ1n) is 8.46. The van der Waals surface area contributed by atoms with E-state index in [2.05, 4.69) is 29.2 Å². The van der Waals surface area contributed by atoms with Gasteiger partial charge in [0.1, 0.15) is 5.60 Å². The molecule has 1 aliphatic rings. The first kappa shape index (κ1) is 18.4. The van der Waals surface area contributed by atoms with Gasteiger partial charge in [0.25, 0.3) is 0 Å². The zero-order valence-corrected chi connectivity index (χ0v) is 15.4. The minimum absolute atomic E-state index is 0.488. The Hall–Kier alpha value is -1.95. The lowest BCUT2D eigenvalue weighted by atomic mass is 10.0. The SMILES string of the molecule is CN(C)C1CCN(c2ccc(N)c(NC(=O)OC(C)(C)C)c2)CC1. The Kier molecular flexibility index (Phi) is 5.59. The van der Waals surface area contributed by atoms with Crippen LogP contribution < -0.4 is 16.0 Å². The summed E-state index contributed by atoms with van der Waals surface area (Å²) < 4.78 is 5.30. The van der Waals surface area contributed by atoms with Crippen molar-refractivity contribution in [3.05, 3.63) is 18.2 Å². The van der Waals surface area contributed by atoms with Crippen molar-refractivity contribution in [1.82, 2.24) is 4.90 Å². The van der Waals surface area contributed by atoms with Crippen molar-refractivity contribution in [3.8, 4) is 0 Å². The Morgan fingerprint density at radius 3 is 2.46 bits per heavy atom. The topological polar surface area (TPSA) is 70.8 Å². The second-order valence-corrected chi connectivity index (χ2v) is 7.58. The number of nitrogens with zero attached hydrogens (tertiary/aromatic N) is 2. The monoisotopic (exact) mass is 334 g/mol. The van der Waals surface area contributed by atoms with Crippen LogP contribution in [0.5, 0.6) is 0 Å². The molecule has 0 radical (unpaired) electrons. The molecular formula is C18H30N4O2. The van der Waals surface area contributed by atoms with Gasteiger partial charge in [0.05, 0.1) is 11.4 Å². The van der Waals surface area contributed by atoms with Gasteiger partial charge >= 0.3 is 6.09 Å². The lowest BCUT2D eigenvalue weighted by Gasteiger charge is -2.36. The van der Waals surface area contributed by atoms with Crippen LogP contribution in [-0.2, 0) is 4.74 Å². The number of hydrogen-bond donors (Lipinski definition) is 2. The van der Waals surface area contributed by atoms with Crippen LogP contribution in [0.15, 0.2) is 18.2 Å². The summed E-state index contributed by atoms with van der Waals surface area (Å²) in [5.41, 5.74) is 7.67. The molecule has 0 aromatic heterocycles. The van der Waals surface area contributed by atoms with Crippen molar-refractivity contribution in [3.63, 3.8) is 0 Å². The molecule has 134 valence electrons. The molecule has 2 rings (SSSR count). The zero-order chi connectivity index (χ0) is 17.9. The van der Waals surface area contributed by atoms with Gasteiger partial charge in [0.15, 0.2) is 0 Å². The summed E-state index contributed by atoms with van der Waals surface area (Å²) in [6.07, 6.45) is 1.77. The molecule has 1 fully saturated rings. The molecule has 6 heteroatoms. The van der Waals surface area contributed by atoms with Crippen LogP contribution >= 0.6 is 0 Å². The third kappa shape index (κ3) is 5.03. The second-order valence-electron chi connectivity index (χ2n) is 7.58. The molecule has 1 saturated heterocycles. The lowest BCUT2D eigenvalue weighted by Crippen LogP contribution is -2.42. The average molecular weight is 334 g/mol. The number of benzene rings is 1. The molecule has 24 heavy (non-hydrogen) atoms. The summed E-state index contributed by atoms with van der Waals surface area (Å²) in [6, 6.07) is 6.40. The molecule has 0 aliphatic carbocycles. The molecule has 0 atom stereocenters. The number of carbonyl (C=O) groups excluding carboxylic acids is 1. The van der Waals surface area contributed by atoms with E-state index >= 15 is 0 Å². The highest BCUT2D eigenvalue weighted by molar-refractivity contribution is 5.90. The number of carbonyl (C=O) groups is 1. The fourth-order valence-electron chi connectivity index (χ4n) is 2.90. The van der Waals surface area contributed by atoms with Crippen LogP contribution in [0.2, 0.25) is 0 Å². The molecule has 1 amide bonds. The van der Waals surface area contributed by atoms with Crippen molar-refractivity contribution >= 4 is 23.2 Å². The van der Waals surface area contributed by atoms with Gasteiger partial charge in [-0.05, 0) is 65.9 Å². The van der Waals surface area contributed by atoms with Crippen molar-refractivity contribution in [2.45, 2.75) is 45.3 Å². The van der Waals surface area contributed by atoms with Crippen molar-refractivity contribution in [2.24, 2.45) is 0 Å². The number of piperidine rings is 1. The number of amides is 1. The first-order chi connectivity index (χ1) is 11.2. The number of ether oxygens (including phenoxy) is 1. The van der Waals surface area contributed by atoms with E-state index in [0.29, 0.717) is 17.4 Å². The normalized spacial score (nSPS) is 16.3. The van der Waals surface area contributed by atoms with Gasteiger partial charge in [0.2, 0.25) is 0 Å². The van der Waals surface area contributed by atoms with E-state index in [9.17, 15) is 4.79 Å². The summed E-state index contributed by atoms with van der Waals surface area (Å²) in [7, 11) is 4.26. The standard InChI is InChI=1S/C18H30N4O2/c1-18(2,3)24-17(23)20-16-12-14(6-7-15(16)19)22-10-8-13(9-11-22)21(4)5/h6-7,12-13H,8-11,19H2,1-5H3,(H,20,23). The van der Waals surface area contributed by atoms with Gasteiger partial charge in [-0.25, -0.2) is 4.79 Å². The maximum absolute atomic E-state index is 12.0. The van der Waals surface area contributed by atoms with Gasteiger partial charge in [-0.2, -0.15) is 0 Å². The van der Waals surface area contributed by atoms with E-state index in [0.717, 1.165) is 31.6 Å². The van der Waals surface area contributed by atoms with Crippen LogP contribution in [0.3, 0.4) is 0 Å². The van der Waals surface area contributed by atoms with E-state index in [1.807, 2.05) is 39.0 Å². The van der Waals surface area contributed by atoms with Crippen LogP contribution in [0.4, 0.5) is 21.9 Å². The molecule has 0 unspecified atom stereocenters. The number of nitrogen functional groups attached to an aromatic ring is 1. The third-order valence-electron chi connectivity index (χ3n) is 4.23. The van der Waals surface area contributed by atoms with Gasteiger partial charge < -0.3 is 20.3 Å². The van der Waals surface area contributed by atoms with Crippen LogP contribution in [0.1, 0.15) is 33.6 Å². The number of anilines is 3. The minimum Gasteiger partial charge on any atom is -0.444 e. The highest BCUT2D eigenvalue weighted by Crippen LogP contribution is 2.28. The second kappa shape index (κ2) is 7.30. The van der Waals surface area contributed by atoms with Crippen molar-refractivity contribution in [2.75, 3.05) is 43.1 Å². The van der Waals surface area contributed by atoms with Gasteiger partial charge in [-0.3, -0.25) is 5.32 Å². The van der Waals surface area contributed by atoms with Crippen LogP contribution in [-0.4, -0.2) is 49.8 Å². The summed E-state index contributed by atoms with van der Waals surface area (Å²) in [6.45, 7) is 7.50. The Morgan fingerprint density at radius 2 is 1.92 bits per heavy atom. The quantitative estimate of drug-likeness (QED) is 0.831. The largest absolute Gasteiger partial charge is 0.444 e. The van der Waals surface area contributed by atoms with Gasteiger partial charge in [-0.1, -0.05) is 0 Å². The fraction of sp³-hybridized carbons (Fsp3) is 0.611. The van der Waals surface area contributed by atoms with Gasteiger partial charge in [-0.15, -0.1) is 0 Å². The van der Waals surface area contributed by atoms with Crippen molar-refractivity contribution < 1.29 is 9.53 Å². The number of rotatable bonds is 3. The molecule has 3 N–H and O–H groups in total. The molecule has 1 aliphatic heterocycles. The smallest absolute Gasteiger partial charge is 0.412 e. The molecule has 1 aromatic rings. The first-order valence-corrected chi connectivity index (χ1v) is 8.46. The predicted molar refractivity (Wildman–Crippen MR) is 99.6 cm³/mol. The summed E-state index contributed by atoms with van der Waals surface area (Å²) in [5.74, 6) is 0. The molecule has 0 saturated carbocycles. The highest BCUT2D eigenvalue weighted by atomic mass is 16.6. The Morgan fingerprint density at radius 1 is 1.29 bits per heavy atom. The number of nitrogens with one attached hydrogen (secondary N) is 1. The Bertz CT molecular complexity index is 573. The van der Waals surface area contributed by atoms with E-state index in [1.165, 1.54) is 0 Å². The molecule has 6 nitrogen and oxygen atoms in total. The zero-order valence-electron chi connectivity index (χ0n) is 15.4. The maximum Gasteiger partial charge on any atom is 0.412 e. The molecule has 0 spiro atoms. The summed E-state index contributed by atoms with van der Waals surface area (Å²) in [4.78, 5) is 16.6. The summed E-state index contributed by atoms with van der Waals surface area (Å²) in [5, 5.41) is 2.75. The fourth-order valence-corrected chi connectivity index (χ4v) is 2.90. The Balaban J connectivity index is 2.05. The minimum atomic E-state index is -0.537. The van der Waals surface area contributed by atoms with Crippen LogP contribution in [0, 0.1) is 0 Å². The highest BCUT2D eigenvalue weighted by Gasteiger charge is 2.22. The maximum atomic E-state index is 12.0. The molecule has 1 aromatic carbocycles. The Labute approximate surface area is 144 Å².